The lowest BCUT2D eigenvalue weighted by atomic mass is 10.3. The molecule has 0 bridgehead atoms. The van der Waals surface area contributed by atoms with Crippen molar-refractivity contribution in [1.82, 2.24) is 4.98 Å². The van der Waals surface area contributed by atoms with Gasteiger partial charge in [-0.25, -0.2) is 4.98 Å². The van der Waals surface area contributed by atoms with Crippen LogP contribution in [0.3, 0.4) is 0 Å². The van der Waals surface area contributed by atoms with E-state index in [9.17, 15) is 0 Å². The summed E-state index contributed by atoms with van der Waals surface area (Å²) in [7, 11) is 0. The Morgan fingerprint density at radius 3 is 3.07 bits per heavy atom. The van der Waals surface area contributed by atoms with E-state index in [4.69, 9.17) is 4.74 Å². The van der Waals surface area contributed by atoms with Crippen LogP contribution >= 0.6 is 11.3 Å². The summed E-state index contributed by atoms with van der Waals surface area (Å²) in [5.74, 6) is 0. The standard InChI is InChI=1S/C12H13NOS/c1-2-3-8-14-9-12-13-10-6-4-5-7-11(10)15-12/h2-7H,8-9H2,1H3/b3-2+. The van der Waals surface area contributed by atoms with Crippen LogP contribution in [0.2, 0.25) is 0 Å². The van der Waals surface area contributed by atoms with Crippen molar-refractivity contribution < 1.29 is 4.74 Å². The number of aromatic nitrogens is 1. The van der Waals surface area contributed by atoms with Gasteiger partial charge in [0.05, 0.1) is 23.4 Å². The maximum atomic E-state index is 5.45. The molecule has 0 aliphatic heterocycles. The van der Waals surface area contributed by atoms with Crippen LogP contribution in [0.5, 0.6) is 0 Å². The smallest absolute Gasteiger partial charge is 0.120 e. The summed E-state index contributed by atoms with van der Waals surface area (Å²) < 4.78 is 6.67. The van der Waals surface area contributed by atoms with E-state index in [1.807, 2.05) is 37.3 Å². The van der Waals surface area contributed by atoms with Crippen molar-refractivity contribution in [2.24, 2.45) is 0 Å². The molecular weight excluding hydrogens is 206 g/mol. The van der Waals surface area contributed by atoms with Crippen molar-refractivity contribution in [2.75, 3.05) is 6.61 Å². The van der Waals surface area contributed by atoms with Crippen molar-refractivity contribution in [3.8, 4) is 0 Å². The summed E-state index contributed by atoms with van der Waals surface area (Å²) in [5.41, 5.74) is 1.06. The Bertz CT molecular complexity index is 428. The highest BCUT2D eigenvalue weighted by molar-refractivity contribution is 7.18. The molecule has 0 aliphatic carbocycles. The maximum Gasteiger partial charge on any atom is 0.120 e. The van der Waals surface area contributed by atoms with Gasteiger partial charge < -0.3 is 4.74 Å². The highest BCUT2D eigenvalue weighted by Crippen LogP contribution is 2.21. The predicted molar refractivity (Wildman–Crippen MR) is 64.1 cm³/mol. The summed E-state index contributed by atoms with van der Waals surface area (Å²) in [4.78, 5) is 4.48. The molecule has 0 amide bonds. The van der Waals surface area contributed by atoms with Gasteiger partial charge >= 0.3 is 0 Å². The minimum absolute atomic E-state index is 0.601. The van der Waals surface area contributed by atoms with Gasteiger partial charge in [-0.3, -0.25) is 0 Å². The Morgan fingerprint density at radius 2 is 2.27 bits per heavy atom. The third-order valence-electron chi connectivity index (χ3n) is 2.01. The molecule has 2 rings (SSSR count). The normalized spacial score (nSPS) is 11.5. The zero-order chi connectivity index (χ0) is 10.5. The molecule has 0 aliphatic rings. The molecule has 3 heteroatoms. The molecule has 2 aromatic rings. The fourth-order valence-electron chi connectivity index (χ4n) is 1.29. The van der Waals surface area contributed by atoms with E-state index in [1.54, 1.807) is 11.3 Å². The number of hydrogen-bond donors (Lipinski definition) is 0. The van der Waals surface area contributed by atoms with Crippen LogP contribution in [0.1, 0.15) is 11.9 Å². The van der Waals surface area contributed by atoms with Crippen LogP contribution in [0.15, 0.2) is 36.4 Å². The minimum Gasteiger partial charge on any atom is -0.370 e. The van der Waals surface area contributed by atoms with Gasteiger partial charge in [-0.2, -0.15) is 0 Å². The van der Waals surface area contributed by atoms with Crippen LogP contribution in [0.25, 0.3) is 10.2 Å². The summed E-state index contributed by atoms with van der Waals surface area (Å²) in [6.07, 6.45) is 3.98. The summed E-state index contributed by atoms with van der Waals surface area (Å²) in [5, 5.41) is 1.04. The Labute approximate surface area is 93.2 Å². The van der Waals surface area contributed by atoms with Gasteiger partial charge in [0.15, 0.2) is 0 Å². The molecule has 0 unspecified atom stereocenters. The van der Waals surface area contributed by atoms with E-state index in [-0.39, 0.29) is 0 Å². The maximum absolute atomic E-state index is 5.45. The first-order valence-corrected chi connectivity index (χ1v) is 5.75. The number of fused-ring (bicyclic) bond motifs is 1. The molecule has 0 atom stereocenters. The van der Waals surface area contributed by atoms with Gasteiger partial charge in [-0.15, -0.1) is 11.3 Å². The average Bonchev–Trinajstić information content (AvgIpc) is 2.67. The fraction of sp³-hybridized carbons (Fsp3) is 0.250. The number of benzene rings is 1. The molecule has 78 valence electrons. The number of para-hydroxylation sites is 1. The Hall–Kier alpha value is -1.19. The first-order valence-electron chi connectivity index (χ1n) is 4.93. The summed E-state index contributed by atoms with van der Waals surface area (Å²) >= 11 is 1.70. The molecule has 1 heterocycles. The molecule has 15 heavy (non-hydrogen) atoms. The van der Waals surface area contributed by atoms with Gasteiger partial charge in [0.25, 0.3) is 0 Å². The largest absolute Gasteiger partial charge is 0.370 e. The molecule has 2 nitrogen and oxygen atoms in total. The van der Waals surface area contributed by atoms with E-state index < -0.39 is 0 Å². The lowest BCUT2D eigenvalue weighted by Gasteiger charge is -1.95. The van der Waals surface area contributed by atoms with Crippen LogP contribution in [0.4, 0.5) is 0 Å². The first kappa shape index (κ1) is 10.3. The number of hydrogen-bond acceptors (Lipinski definition) is 3. The van der Waals surface area contributed by atoms with Crippen molar-refractivity contribution >= 4 is 21.6 Å². The number of rotatable bonds is 4. The number of ether oxygens (including phenoxy) is 1. The van der Waals surface area contributed by atoms with Gasteiger partial charge in [0.2, 0.25) is 0 Å². The zero-order valence-corrected chi connectivity index (χ0v) is 9.46. The van der Waals surface area contributed by atoms with E-state index in [2.05, 4.69) is 11.1 Å². The molecule has 0 saturated heterocycles. The lowest BCUT2D eigenvalue weighted by Crippen LogP contribution is -1.91. The SMILES string of the molecule is C/C=C/COCc1nc2ccccc2s1. The van der Waals surface area contributed by atoms with Crippen LogP contribution in [0, 0.1) is 0 Å². The molecule has 0 saturated carbocycles. The Morgan fingerprint density at radius 1 is 1.40 bits per heavy atom. The van der Waals surface area contributed by atoms with Gasteiger partial charge in [0.1, 0.15) is 5.01 Å². The third-order valence-corrected chi connectivity index (χ3v) is 3.02. The van der Waals surface area contributed by atoms with Crippen LogP contribution in [-0.2, 0) is 11.3 Å². The molecule has 0 spiro atoms. The lowest BCUT2D eigenvalue weighted by molar-refractivity contribution is 0.148. The average molecular weight is 219 g/mol. The van der Waals surface area contributed by atoms with E-state index in [0.29, 0.717) is 13.2 Å². The Balaban J connectivity index is 2.02. The highest BCUT2D eigenvalue weighted by Gasteiger charge is 2.01. The summed E-state index contributed by atoms with van der Waals surface area (Å²) in [6, 6.07) is 8.15. The van der Waals surface area contributed by atoms with Crippen LogP contribution in [-0.4, -0.2) is 11.6 Å². The van der Waals surface area contributed by atoms with Crippen molar-refractivity contribution in [3.63, 3.8) is 0 Å². The molecule has 0 fully saturated rings. The second kappa shape index (κ2) is 5.05. The molecule has 1 aromatic heterocycles. The topological polar surface area (TPSA) is 22.1 Å². The van der Waals surface area contributed by atoms with Crippen molar-refractivity contribution in [2.45, 2.75) is 13.5 Å². The molecular formula is C12H13NOS. The predicted octanol–water partition coefficient (Wildman–Crippen LogP) is 3.39. The molecule has 0 N–H and O–H groups in total. The van der Waals surface area contributed by atoms with Crippen LogP contribution < -0.4 is 0 Å². The zero-order valence-electron chi connectivity index (χ0n) is 8.64. The van der Waals surface area contributed by atoms with E-state index >= 15 is 0 Å². The van der Waals surface area contributed by atoms with Gasteiger partial charge in [0, 0.05) is 0 Å². The number of thiazole rings is 1. The fourth-order valence-corrected chi connectivity index (χ4v) is 2.20. The molecule has 0 radical (unpaired) electrons. The quantitative estimate of drug-likeness (QED) is 0.581. The number of nitrogens with zero attached hydrogens (tertiary/aromatic N) is 1. The highest BCUT2D eigenvalue weighted by atomic mass is 32.1. The first-order chi connectivity index (χ1) is 7.40. The van der Waals surface area contributed by atoms with E-state index in [0.717, 1.165) is 10.5 Å². The third kappa shape index (κ3) is 2.64. The number of allylic oxidation sites excluding steroid dienone is 1. The minimum atomic E-state index is 0.601. The van der Waals surface area contributed by atoms with Gasteiger partial charge in [-0.1, -0.05) is 24.3 Å². The second-order valence-electron chi connectivity index (χ2n) is 3.16. The Kier molecular flexibility index (Phi) is 3.48. The second-order valence-corrected chi connectivity index (χ2v) is 4.27. The van der Waals surface area contributed by atoms with Crippen molar-refractivity contribution in [3.05, 3.63) is 41.4 Å². The molecule has 1 aromatic carbocycles. The van der Waals surface area contributed by atoms with Crippen molar-refractivity contribution in [1.29, 1.82) is 0 Å². The summed E-state index contributed by atoms with van der Waals surface area (Å²) in [6.45, 7) is 3.25. The monoisotopic (exact) mass is 219 g/mol. The van der Waals surface area contributed by atoms with E-state index in [1.165, 1.54) is 4.70 Å². The van der Waals surface area contributed by atoms with Gasteiger partial charge in [-0.05, 0) is 19.1 Å².